The molecule has 0 unspecified atom stereocenters. The van der Waals surface area contributed by atoms with E-state index in [-0.39, 0.29) is 6.04 Å². The molecule has 0 radical (unpaired) electrons. The van der Waals surface area contributed by atoms with Gasteiger partial charge in [0.15, 0.2) is 11.5 Å². The fraction of sp³-hybridized carbons (Fsp3) is 0.167. The number of hydrogen-bond donors (Lipinski definition) is 2. The van der Waals surface area contributed by atoms with Gasteiger partial charge in [-0.3, -0.25) is 0 Å². The average Bonchev–Trinajstić information content (AvgIpc) is 2.80. The Labute approximate surface area is 175 Å². The third-order valence-electron chi connectivity index (χ3n) is 5.07. The molecule has 1 aromatic heterocycles. The van der Waals surface area contributed by atoms with E-state index in [2.05, 4.69) is 69.1 Å². The van der Waals surface area contributed by atoms with Crippen molar-refractivity contribution in [2.45, 2.75) is 6.04 Å². The molecule has 0 amide bonds. The number of hydrogen-bond acceptors (Lipinski definition) is 6. The average molecular weight is 400 g/mol. The predicted molar refractivity (Wildman–Crippen MR) is 120 cm³/mol. The van der Waals surface area contributed by atoms with Crippen molar-refractivity contribution in [3.8, 4) is 11.5 Å². The fourth-order valence-electron chi connectivity index (χ4n) is 3.55. The maximum absolute atomic E-state index is 5.43. The third kappa shape index (κ3) is 3.90. The zero-order valence-electron chi connectivity index (χ0n) is 17.2. The van der Waals surface area contributed by atoms with Crippen LogP contribution in [0.2, 0.25) is 0 Å². The summed E-state index contributed by atoms with van der Waals surface area (Å²) in [7, 11) is 5.20. The topological polar surface area (TPSA) is 68.3 Å². The molecule has 0 aliphatic heterocycles. The van der Waals surface area contributed by atoms with E-state index < -0.39 is 0 Å². The first kappa shape index (κ1) is 19.7. The summed E-state index contributed by atoms with van der Waals surface area (Å²) in [6, 6.07) is 22.6. The van der Waals surface area contributed by atoms with E-state index in [1.165, 1.54) is 17.5 Å². The van der Waals surface area contributed by atoms with Crippen LogP contribution in [-0.2, 0) is 0 Å². The van der Waals surface area contributed by atoms with Crippen LogP contribution in [0.15, 0.2) is 73.1 Å². The van der Waals surface area contributed by atoms with Crippen LogP contribution >= 0.6 is 0 Å². The molecule has 1 heterocycles. The molecule has 4 aromatic rings. The first-order chi connectivity index (χ1) is 14.7. The highest BCUT2D eigenvalue weighted by Crippen LogP contribution is 2.34. The van der Waals surface area contributed by atoms with E-state index in [0.717, 1.165) is 16.6 Å². The molecular formula is C24H24N4O2. The van der Waals surface area contributed by atoms with Crippen LogP contribution in [0.1, 0.15) is 17.2 Å². The van der Waals surface area contributed by atoms with Gasteiger partial charge in [0.1, 0.15) is 12.1 Å². The number of nitrogens with one attached hydrogen (secondary N) is 2. The van der Waals surface area contributed by atoms with Crippen molar-refractivity contribution >= 4 is 22.4 Å². The molecule has 152 valence electrons. The number of aromatic nitrogens is 2. The number of benzene rings is 3. The Bertz CT molecular complexity index is 1130. The van der Waals surface area contributed by atoms with E-state index >= 15 is 0 Å². The van der Waals surface area contributed by atoms with Crippen LogP contribution in [0.4, 0.5) is 11.5 Å². The Morgan fingerprint density at radius 1 is 0.800 bits per heavy atom. The lowest BCUT2D eigenvalue weighted by Gasteiger charge is -2.18. The van der Waals surface area contributed by atoms with Gasteiger partial charge in [0, 0.05) is 17.1 Å². The third-order valence-corrected chi connectivity index (χ3v) is 5.07. The molecule has 1 atom stereocenters. The molecule has 0 aliphatic rings. The van der Waals surface area contributed by atoms with Gasteiger partial charge in [-0.1, -0.05) is 42.5 Å². The summed E-state index contributed by atoms with van der Waals surface area (Å²) in [5.74, 6) is 1.98. The fourth-order valence-corrected chi connectivity index (χ4v) is 3.55. The van der Waals surface area contributed by atoms with Crippen molar-refractivity contribution in [1.82, 2.24) is 15.3 Å². The monoisotopic (exact) mass is 400 g/mol. The summed E-state index contributed by atoms with van der Waals surface area (Å²) in [6.07, 6.45) is 1.54. The Morgan fingerprint density at radius 3 is 2.13 bits per heavy atom. The highest BCUT2D eigenvalue weighted by molar-refractivity contribution is 5.93. The number of fused-ring (bicyclic) bond motifs is 1. The van der Waals surface area contributed by atoms with Gasteiger partial charge in [-0.15, -0.1) is 0 Å². The quantitative estimate of drug-likeness (QED) is 0.469. The Morgan fingerprint density at radius 2 is 1.47 bits per heavy atom. The van der Waals surface area contributed by atoms with E-state index in [1.54, 1.807) is 14.2 Å². The zero-order valence-corrected chi connectivity index (χ0v) is 17.2. The summed E-state index contributed by atoms with van der Waals surface area (Å²) in [6.45, 7) is 0. The number of rotatable bonds is 7. The molecule has 4 rings (SSSR count). The molecule has 0 bridgehead atoms. The van der Waals surface area contributed by atoms with Crippen molar-refractivity contribution in [3.05, 3.63) is 84.2 Å². The molecular weight excluding hydrogens is 376 g/mol. The minimum Gasteiger partial charge on any atom is -0.493 e. The molecule has 0 fully saturated rings. The number of methoxy groups -OCH3 is 2. The normalized spacial score (nSPS) is 11.8. The highest BCUT2D eigenvalue weighted by atomic mass is 16.5. The lowest BCUT2D eigenvalue weighted by molar-refractivity contribution is 0.356. The number of nitrogens with zero attached hydrogens (tertiary/aromatic N) is 2. The molecule has 6 heteroatoms. The molecule has 0 spiro atoms. The van der Waals surface area contributed by atoms with Crippen molar-refractivity contribution in [2.75, 3.05) is 26.6 Å². The van der Waals surface area contributed by atoms with Crippen LogP contribution < -0.4 is 20.1 Å². The van der Waals surface area contributed by atoms with E-state index in [0.29, 0.717) is 17.3 Å². The lowest BCUT2D eigenvalue weighted by atomic mass is 9.99. The molecule has 0 aliphatic carbocycles. The number of anilines is 2. The van der Waals surface area contributed by atoms with Gasteiger partial charge in [-0.25, -0.2) is 9.97 Å². The van der Waals surface area contributed by atoms with Crippen LogP contribution in [0.5, 0.6) is 11.5 Å². The van der Waals surface area contributed by atoms with Crippen molar-refractivity contribution < 1.29 is 9.47 Å². The molecule has 6 nitrogen and oxygen atoms in total. The molecule has 3 aromatic carbocycles. The van der Waals surface area contributed by atoms with Crippen molar-refractivity contribution in [3.63, 3.8) is 0 Å². The van der Waals surface area contributed by atoms with Crippen LogP contribution in [0, 0.1) is 0 Å². The minimum atomic E-state index is 0.136. The highest BCUT2D eigenvalue weighted by Gasteiger charge is 2.13. The summed E-state index contributed by atoms with van der Waals surface area (Å²) < 4.78 is 10.8. The van der Waals surface area contributed by atoms with Crippen LogP contribution in [-0.4, -0.2) is 31.2 Å². The second kappa shape index (κ2) is 8.80. The van der Waals surface area contributed by atoms with E-state index in [4.69, 9.17) is 9.47 Å². The Balaban J connectivity index is 1.63. The van der Waals surface area contributed by atoms with Crippen molar-refractivity contribution in [1.29, 1.82) is 0 Å². The standard InChI is InChI=1S/C24H24N4O2/c1-25-23(16-7-5-4-6-8-16)17-9-11-18(12-10-17)28-24-19-13-21(29-2)22(30-3)14-20(19)26-15-27-24/h4-15,23,25H,1-3H3,(H,26,27,28)/t23-/m0/s1. The maximum Gasteiger partial charge on any atom is 0.162 e. The predicted octanol–water partition coefficient (Wildman–Crippen LogP) is 4.70. The van der Waals surface area contributed by atoms with Crippen LogP contribution in [0.3, 0.4) is 0 Å². The molecule has 30 heavy (non-hydrogen) atoms. The Hall–Kier alpha value is -3.64. The van der Waals surface area contributed by atoms with Gasteiger partial charge < -0.3 is 20.1 Å². The summed E-state index contributed by atoms with van der Waals surface area (Å²) in [5, 5.41) is 7.63. The second-order valence-electron chi connectivity index (χ2n) is 6.83. The second-order valence-corrected chi connectivity index (χ2v) is 6.83. The zero-order chi connectivity index (χ0) is 20.9. The number of ether oxygens (including phenoxy) is 2. The SMILES string of the molecule is CN[C@@H](c1ccccc1)c1ccc(Nc2ncnc3cc(OC)c(OC)cc23)cc1. The van der Waals surface area contributed by atoms with Gasteiger partial charge in [0.2, 0.25) is 0 Å². The van der Waals surface area contributed by atoms with Crippen molar-refractivity contribution in [2.24, 2.45) is 0 Å². The van der Waals surface area contributed by atoms with Gasteiger partial charge in [-0.2, -0.15) is 0 Å². The smallest absolute Gasteiger partial charge is 0.162 e. The molecule has 0 saturated carbocycles. The molecule has 0 saturated heterocycles. The summed E-state index contributed by atoms with van der Waals surface area (Å²) in [4.78, 5) is 8.78. The summed E-state index contributed by atoms with van der Waals surface area (Å²) >= 11 is 0. The van der Waals surface area contributed by atoms with Gasteiger partial charge in [0.05, 0.1) is 25.8 Å². The van der Waals surface area contributed by atoms with E-state index in [1.807, 2.05) is 25.2 Å². The largest absolute Gasteiger partial charge is 0.493 e. The molecule has 2 N–H and O–H groups in total. The van der Waals surface area contributed by atoms with E-state index in [9.17, 15) is 0 Å². The Kier molecular flexibility index (Phi) is 5.77. The van der Waals surface area contributed by atoms with Gasteiger partial charge >= 0.3 is 0 Å². The maximum atomic E-state index is 5.43. The minimum absolute atomic E-state index is 0.136. The first-order valence-electron chi connectivity index (χ1n) is 9.69. The summed E-state index contributed by atoms with van der Waals surface area (Å²) in [5.41, 5.74) is 4.13. The van der Waals surface area contributed by atoms with Crippen LogP contribution in [0.25, 0.3) is 10.9 Å². The van der Waals surface area contributed by atoms with Gasteiger partial charge in [-0.05, 0) is 36.4 Å². The first-order valence-corrected chi connectivity index (χ1v) is 9.69. The van der Waals surface area contributed by atoms with Gasteiger partial charge in [0.25, 0.3) is 0 Å². The lowest BCUT2D eigenvalue weighted by Crippen LogP contribution is -2.17.